The molecule has 6 nitrogen and oxygen atoms in total. The molecule has 7 heteroatoms. The molecule has 2 rings (SSSR count). The maximum Gasteiger partial charge on any atom is 0.324 e. The highest BCUT2D eigenvalue weighted by Gasteiger charge is 2.41. The number of nitrogens with zero attached hydrogens (tertiary/aromatic N) is 3. The summed E-state index contributed by atoms with van der Waals surface area (Å²) in [5, 5.41) is 3.90. The van der Waals surface area contributed by atoms with Gasteiger partial charge >= 0.3 is 6.01 Å². The summed E-state index contributed by atoms with van der Waals surface area (Å²) in [7, 11) is -3.04. The van der Waals surface area contributed by atoms with Crippen molar-refractivity contribution in [1.82, 2.24) is 10.1 Å². The summed E-state index contributed by atoms with van der Waals surface area (Å²) < 4.78 is 28.2. The first-order valence-electron chi connectivity index (χ1n) is 6.04. The van der Waals surface area contributed by atoms with Crippen LogP contribution in [0.15, 0.2) is 4.52 Å². The fourth-order valence-electron chi connectivity index (χ4n) is 1.90. The zero-order valence-corrected chi connectivity index (χ0v) is 12.0. The average molecular weight is 273 g/mol. The van der Waals surface area contributed by atoms with Crippen molar-refractivity contribution in [3.63, 3.8) is 0 Å². The lowest BCUT2D eigenvalue weighted by molar-refractivity contribution is 0.397. The molecule has 1 aromatic heterocycles. The lowest BCUT2D eigenvalue weighted by atomic mass is 10.2. The van der Waals surface area contributed by atoms with Crippen molar-refractivity contribution in [3.05, 3.63) is 5.82 Å². The van der Waals surface area contributed by atoms with Gasteiger partial charge in [0.1, 0.15) is 0 Å². The van der Waals surface area contributed by atoms with Gasteiger partial charge in [0.05, 0.1) is 10.5 Å². The summed E-state index contributed by atoms with van der Waals surface area (Å²) in [5.41, 5.74) is 0. The van der Waals surface area contributed by atoms with E-state index in [4.69, 9.17) is 4.52 Å². The second-order valence-electron chi connectivity index (χ2n) is 5.59. The second kappa shape index (κ2) is 4.22. The van der Waals surface area contributed by atoms with Gasteiger partial charge in [-0.15, -0.1) is 0 Å². The molecule has 1 saturated heterocycles. The van der Waals surface area contributed by atoms with Gasteiger partial charge in [-0.3, -0.25) is 0 Å². The van der Waals surface area contributed by atoms with Crippen molar-refractivity contribution in [2.45, 2.75) is 38.4 Å². The van der Waals surface area contributed by atoms with Crippen molar-refractivity contribution < 1.29 is 12.9 Å². The molecule has 0 unspecified atom stereocenters. The third-order valence-corrected chi connectivity index (χ3v) is 5.79. The van der Waals surface area contributed by atoms with Crippen LogP contribution in [0, 0.1) is 0 Å². The van der Waals surface area contributed by atoms with E-state index in [1.165, 1.54) is 0 Å². The van der Waals surface area contributed by atoms with Gasteiger partial charge in [0.2, 0.25) is 0 Å². The Morgan fingerprint density at radius 1 is 1.39 bits per heavy atom. The van der Waals surface area contributed by atoms with E-state index < -0.39 is 14.6 Å². The van der Waals surface area contributed by atoms with E-state index in [0.717, 1.165) is 0 Å². The molecule has 1 aromatic rings. The molecular formula is C11H19N3O3S. The second-order valence-corrected chi connectivity index (χ2v) is 8.33. The molecule has 0 atom stereocenters. The van der Waals surface area contributed by atoms with E-state index in [9.17, 15) is 8.42 Å². The summed E-state index contributed by atoms with van der Waals surface area (Å²) >= 11 is 0. The molecule has 0 N–H and O–H groups in total. The molecule has 0 aliphatic carbocycles. The lowest BCUT2D eigenvalue weighted by Crippen LogP contribution is -2.53. The molecule has 1 aliphatic heterocycles. The molecule has 0 aromatic carbocycles. The largest absolute Gasteiger partial charge is 0.324 e. The molecular weight excluding hydrogens is 254 g/mol. The zero-order chi connectivity index (χ0) is 13.6. The van der Waals surface area contributed by atoms with Crippen LogP contribution >= 0.6 is 0 Å². The number of anilines is 1. The highest BCUT2D eigenvalue weighted by Crippen LogP contribution is 2.27. The Balaban J connectivity index is 2.21. The van der Waals surface area contributed by atoms with Crippen molar-refractivity contribution in [2.24, 2.45) is 0 Å². The highest BCUT2D eigenvalue weighted by molar-refractivity contribution is 7.92. The number of hydrogen-bond donors (Lipinski definition) is 0. The summed E-state index contributed by atoms with van der Waals surface area (Å²) in [6.07, 6.45) is 0. The van der Waals surface area contributed by atoms with Crippen LogP contribution in [0.1, 0.15) is 39.4 Å². The molecule has 1 aliphatic rings. The predicted octanol–water partition coefficient (Wildman–Crippen LogP) is 1.21. The third-order valence-electron chi connectivity index (χ3n) is 3.26. The number of sulfone groups is 1. The standard InChI is InChI=1S/C11H19N3O3S/c1-8(2)9-12-10(17-13-9)14-5-6-18(15,16)11(3,4)7-14/h8H,5-7H2,1-4H3. The van der Waals surface area contributed by atoms with Gasteiger partial charge in [-0.05, 0) is 13.8 Å². The molecule has 0 bridgehead atoms. The Bertz CT molecular complexity index is 533. The minimum absolute atomic E-state index is 0.124. The van der Waals surface area contributed by atoms with E-state index >= 15 is 0 Å². The van der Waals surface area contributed by atoms with Crippen molar-refractivity contribution in [3.8, 4) is 0 Å². The van der Waals surface area contributed by atoms with Crippen LogP contribution in [0.4, 0.5) is 6.01 Å². The lowest BCUT2D eigenvalue weighted by Gasteiger charge is -2.36. The summed E-state index contributed by atoms with van der Waals surface area (Å²) in [6, 6.07) is 0.418. The fraction of sp³-hybridized carbons (Fsp3) is 0.818. The van der Waals surface area contributed by atoms with Crippen LogP contribution in [-0.2, 0) is 9.84 Å². The number of rotatable bonds is 2. The first-order valence-corrected chi connectivity index (χ1v) is 7.69. The fourth-order valence-corrected chi connectivity index (χ4v) is 3.26. The van der Waals surface area contributed by atoms with Gasteiger partial charge in [-0.2, -0.15) is 4.98 Å². The molecule has 102 valence electrons. The first kappa shape index (κ1) is 13.3. The van der Waals surface area contributed by atoms with Crippen LogP contribution in [-0.4, -0.2) is 42.1 Å². The van der Waals surface area contributed by atoms with Gasteiger partial charge in [0.15, 0.2) is 15.7 Å². The van der Waals surface area contributed by atoms with Gasteiger partial charge in [-0.1, -0.05) is 19.0 Å². The Labute approximate surface area is 107 Å². The predicted molar refractivity (Wildman–Crippen MR) is 68.5 cm³/mol. The first-order chi connectivity index (χ1) is 8.23. The monoisotopic (exact) mass is 273 g/mol. The number of aromatic nitrogens is 2. The minimum atomic E-state index is -3.04. The molecule has 1 fully saturated rings. The maximum absolute atomic E-state index is 11.9. The Kier molecular flexibility index (Phi) is 3.12. The Morgan fingerprint density at radius 3 is 2.56 bits per heavy atom. The maximum atomic E-state index is 11.9. The normalized spacial score (nSPS) is 22.4. The van der Waals surface area contributed by atoms with E-state index in [-0.39, 0.29) is 11.7 Å². The van der Waals surface area contributed by atoms with Gasteiger partial charge in [0, 0.05) is 19.0 Å². The van der Waals surface area contributed by atoms with Crippen LogP contribution in [0.3, 0.4) is 0 Å². The SMILES string of the molecule is CC(C)c1noc(N2CCS(=O)(=O)C(C)(C)C2)n1. The van der Waals surface area contributed by atoms with Gasteiger partial charge in [-0.25, -0.2) is 8.42 Å². The van der Waals surface area contributed by atoms with Crippen LogP contribution < -0.4 is 4.90 Å². The molecule has 18 heavy (non-hydrogen) atoms. The third kappa shape index (κ3) is 2.23. The molecule has 2 heterocycles. The van der Waals surface area contributed by atoms with E-state index in [0.29, 0.717) is 24.9 Å². The topological polar surface area (TPSA) is 76.3 Å². The molecule has 0 saturated carbocycles. The van der Waals surface area contributed by atoms with Crippen LogP contribution in [0.5, 0.6) is 0 Å². The van der Waals surface area contributed by atoms with E-state index in [2.05, 4.69) is 10.1 Å². The molecule has 0 radical (unpaired) electrons. The van der Waals surface area contributed by atoms with Crippen molar-refractivity contribution in [1.29, 1.82) is 0 Å². The average Bonchev–Trinajstić information content (AvgIpc) is 2.71. The van der Waals surface area contributed by atoms with Crippen molar-refractivity contribution >= 4 is 15.9 Å². The van der Waals surface area contributed by atoms with Crippen molar-refractivity contribution in [2.75, 3.05) is 23.7 Å². The highest BCUT2D eigenvalue weighted by atomic mass is 32.2. The zero-order valence-electron chi connectivity index (χ0n) is 11.2. The quantitative estimate of drug-likeness (QED) is 0.806. The molecule has 0 spiro atoms. The number of hydrogen-bond acceptors (Lipinski definition) is 6. The van der Waals surface area contributed by atoms with Gasteiger partial charge < -0.3 is 9.42 Å². The summed E-state index contributed by atoms with van der Waals surface area (Å²) in [6.45, 7) is 8.22. The molecule has 0 amide bonds. The Hall–Kier alpha value is -1.11. The van der Waals surface area contributed by atoms with E-state index in [1.54, 1.807) is 13.8 Å². The smallest absolute Gasteiger partial charge is 0.322 e. The summed E-state index contributed by atoms with van der Waals surface area (Å²) in [5.74, 6) is 0.972. The minimum Gasteiger partial charge on any atom is -0.322 e. The van der Waals surface area contributed by atoms with Crippen LogP contribution in [0.2, 0.25) is 0 Å². The summed E-state index contributed by atoms with van der Waals surface area (Å²) in [4.78, 5) is 6.15. The Morgan fingerprint density at radius 2 is 2.06 bits per heavy atom. The van der Waals surface area contributed by atoms with Crippen LogP contribution in [0.25, 0.3) is 0 Å². The van der Waals surface area contributed by atoms with E-state index in [1.807, 2.05) is 18.7 Å². The van der Waals surface area contributed by atoms with Gasteiger partial charge in [0.25, 0.3) is 0 Å².